The summed E-state index contributed by atoms with van der Waals surface area (Å²) in [6, 6.07) is 28.2. The molecular formula is C27H27N3O4. The molecule has 7 heteroatoms. The zero-order valence-corrected chi connectivity index (χ0v) is 18.8. The Bertz CT molecular complexity index is 1170. The van der Waals surface area contributed by atoms with Crippen LogP contribution in [-0.2, 0) is 5.54 Å². The molecule has 0 aliphatic carbocycles. The largest absolute Gasteiger partial charge is 0.493 e. The van der Waals surface area contributed by atoms with Gasteiger partial charge in [0.1, 0.15) is 17.1 Å². The Morgan fingerprint density at radius 2 is 1.59 bits per heavy atom. The van der Waals surface area contributed by atoms with Crippen LogP contribution in [0, 0.1) is 0 Å². The molecular weight excluding hydrogens is 430 g/mol. The molecule has 0 saturated heterocycles. The van der Waals surface area contributed by atoms with Crippen molar-refractivity contribution in [3.63, 3.8) is 0 Å². The maximum absolute atomic E-state index is 11.1. The Kier molecular flexibility index (Phi) is 6.94. The maximum atomic E-state index is 11.1. The third-order valence-electron chi connectivity index (χ3n) is 5.78. The van der Waals surface area contributed by atoms with Crippen LogP contribution in [-0.4, -0.2) is 39.5 Å². The molecule has 1 amide bonds. The minimum Gasteiger partial charge on any atom is -0.493 e. The van der Waals surface area contributed by atoms with E-state index in [4.69, 9.17) is 9.84 Å². The number of benzene rings is 3. The fourth-order valence-corrected chi connectivity index (χ4v) is 3.82. The van der Waals surface area contributed by atoms with Gasteiger partial charge in [-0.2, -0.15) is 0 Å². The first-order valence-electron chi connectivity index (χ1n) is 11.0. The van der Waals surface area contributed by atoms with Crippen molar-refractivity contribution in [1.82, 2.24) is 15.3 Å². The number of carbonyl (C=O) groups is 1. The number of aromatic nitrogens is 2. The molecule has 4 N–H and O–H groups in total. The molecule has 174 valence electrons. The Hall–Kier alpha value is -4.10. The van der Waals surface area contributed by atoms with Crippen molar-refractivity contribution in [1.29, 1.82) is 0 Å². The Morgan fingerprint density at radius 1 is 1.00 bits per heavy atom. The molecule has 0 aliphatic heterocycles. The lowest BCUT2D eigenvalue weighted by Gasteiger charge is -2.24. The highest BCUT2D eigenvalue weighted by molar-refractivity contribution is 5.66. The van der Waals surface area contributed by atoms with Gasteiger partial charge < -0.3 is 25.3 Å². The smallest absolute Gasteiger partial charge is 0.405 e. The van der Waals surface area contributed by atoms with Crippen LogP contribution >= 0.6 is 0 Å². The lowest BCUT2D eigenvalue weighted by atomic mass is 9.92. The second-order valence-corrected chi connectivity index (χ2v) is 8.28. The van der Waals surface area contributed by atoms with E-state index in [9.17, 15) is 9.90 Å². The van der Waals surface area contributed by atoms with E-state index < -0.39 is 18.2 Å². The predicted molar refractivity (Wildman–Crippen MR) is 130 cm³/mol. The molecule has 3 aromatic carbocycles. The van der Waals surface area contributed by atoms with Gasteiger partial charge in [0.15, 0.2) is 0 Å². The number of hydrogen-bond acceptors (Lipinski definition) is 4. The van der Waals surface area contributed by atoms with E-state index >= 15 is 0 Å². The van der Waals surface area contributed by atoms with Gasteiger partial charge >= 0.3 is 6.09 Å². The van der Waals surface area contributed by atoms with Crippen molar-refractivity contribution in [2.24, 2.45) is 0 Å². The zero-order chi connectivity index (χ0) is 24.0. The average Bonchev–Trinajstić information content (AvgIpc) is 3.37. The second-order valence-electron chi connectivity index (χ2n) is 8.28. The van der Waals surface area contributed by atoms with Crippen LogP contribution in [0.15, 0.2) is 91.1 Å². The standard InChI is InChI=1S/C27H27N3O4/c1-27(18-31,30-26(32)33)25-28-16-24(29-25)21-12-14-22(15-13-21)34-17-23(19-8-4-2-5-9-19)20-10-6-3-7-11-20/h2-16,23,30-31H,17-18H2,1H3,(H,28,29)(H,32,33)/t27-/m0/s1. The first-order chi connectivity index (χ1) is 16.5. The van der Waals surface area contributed by atoms with E-state index in [-0.39, 0.29) is 5.92 Å². The van der Waals surface area contributed by atoms with Gasteiger partial charge in [0.2, 0.25) is 0 Å². The quantitative estimate of drug-likeness (QED) is 0.290. The molecule has 4 aromatic rings. The topological polar surface area (TPSA) is 107 Å². The van der Waals surface area contributed by atoms with E-state index in [0.717, 1.165) is 11.3 Å². The fraction of sp³-hybridized carbons (Fsp3) is 0.185. The molecule has 4 rings (SSSR count). The first-order valence-corrected chi connectivity index (χ1v) is 11.0. The molecule has 7 nitrogen and oxygen atoms in total. The molecule has 0 unspecified atom stereocenters. The molecule has 1 aromatic heterocycles. The number of nitrogens with one attached hydrogen (secondary N) is 2. The molecule has 1 heterocycles. The van der Waals surface area contributed by atoms with Crippen LogP contribution < -0.4 is 10.1 Å². The number of aliphatic hydroxyl groups excluding tert-OH is 1. The fourth-order valence-electron chi connectivity index (χ4n) is 3.82. The molecule has 0 bridgehead atoms. The predicted octanol–water partition coefficient (Wildman–Crippen LogP) is 4.76. The molecule has 0 aliphatic rings. The van der Waals surface area contributed by atoms with Crippen LogP contribution in [0.25, 0.3) is 11.3 Å². The van der Waals surface area contributed by atoms with Crippen LogP contribution in [0.1, 0.15) is 29.8 Å². The van der Waals surface area contributed by atoms with Gasteiger partial charge in [0.05, 0.1) is 25.1 Å². The van der Waals surface area contributed by atoms with Crippen molar-refractivity contribution >= 4 is 6.09 Å². The third-order valence-corrected chi connectivity index (χ3v) is 5.78. The van der Waals surface area contributed by atoms with Gasteiger partial charge in [-0.1, -0.05) is 60.7 Å². The summed E-state index contributed by atoms with van der Waals surface area (Å²) in [6.07, 6.45) is 0.379. The zero-order valence-electron chi connectivity index (χ0n) is 18.8. The average molecular weight is 458 g/mol. The Balaban J connectivity index is 1.48. The van der Waals surface area contributed by atoms with E-state index in [1.54, 1.807) is 13.1 Å². The summed E-state index contributed by atoms with van der Waals surface area (Å²) in [6.45, 7) is 1.64. The van der Waals surface area contributed by atoms with E-state index in [0.29, 0.717) is 18.1 Å². The number of nitrogens with zero attached hydrogens (tertiary/aromatic N) is 1. The monoisotopic (exact) mass is 457 g/mol. The summed E-state index contributed by atoms with van der Waals surface area (Å²) in [7, 11) is 0. The number of imidazole rings is 1. The van der Waals surface area contributed by atoms with Gasteiger partial charge in [-0.05, 0) is 47.9 Å². The molecule has 0 fully saturated rings. The summed E-state index contributed by atoms with van der Waals surface area (Å²) in [5.74, 6) is 1.18. The van der Waals surface area contributed by atoms with Crippen molar-refractivity contribution in [2.45, 2.75) is 18.4 Å². The minimum atomic E-state index is -1.24. The van der Waals surface area contributed by atoms with E-state index in [1.807, 2.05) is 60.7 Å². The van der Waals surface area contributed by atoms with E-state index in [2.05, 4.69) is 39.6 Å². The highest BCUT2D eigenvalue weighted by Gasteiger charge is 2.31. The number of rotatable bonds is 9. The van der Waals surface area contributed by atoms with Crippen LogP contribution in [0.2, 0.25) is 0 Å². The SMILES string of the molecule is C[C@@](CO)(NC(=O)O)c1ncc(-c2ccc(OCC(c3ccccc3)c3ccccc3)cc2)[nH]1. The lowest BCUT2D eigenvalue weighted by Crippen LogP contribution is -2.46. The first kappa shape index (κ1) is 23.1. The lowest BCUT2D eigenvalue weighted by molar-refractivity contribution is 0.142. The van der Waals surface area contributed by atoms with Gasteiger partial charge in [-0.25, -0.2) is 9.78 Å². The minimum absolute atomic E-state index is 0.107. The Morgan fingerprint density at radius 3 is 2.12 bits per heavy atom. The molecule has 0 spiro atoms. The summed E-state index contributed by atoms with van der Waals surface area (Å²) in [5.41, 5.74) is 2.73. The maximum Gasteiger partial charge on any atom is 0.405 e. The number of aliphatic hydroxyl groups is 1. The molecule has 0 saturated carbocycles. The van der Waals surface area contributed by atoms with Crippen molar-refractivity contribution in [3.05, 3.63) is 108 Å². The number of ether oxygens (including phenoxy) is 1. The summed E-state index contributed by atoms with van der Waals surface area (Å²) in [5, 5.41) is 21.0. The summed E-state index contributed by atoms with van der Waals surface area (Å²) >= 11 is 0. The van der Waals surface area contributed by atoms with E-state index in [1.165, 1.54) is 11.1 Å². The molecule has 1 atom stereocenters. The van der Waals surface area contributed by atoms with Gasteiger partial charge in [0, 0.05) is 5.92 Å². The Labute approximate surface area is 198 Å². The second kappa shape index (κ2) is 10.2. The number of aromatic amines is 1. The van der Waals surface area contributed by atoms with Gasteiger partial charge in [0.25, 0.3) is 0 Å². The number of H-pyrrole nitrogens is 1. The highest BCUT2D eigenvalue weighted by atomic mass is 16.5. The number of carboxylic acid groups (broad SMARTS) is 1. The van der Waals surface area contributed by atoms with Crippen LogP contribution in [0.4, 0.5) is 4.79 Å². The molecule has 0 radical (unpaired) electrons. The van der Waals surface area contributed by atoms with Crippen molar-refractivity contribution < 1.29 is 19.7 Å². The van der Waals surface area contributed by atoms with Gasteiger partial charge in [-0.3, -0.25) is 0 Å². The van der Waals surface area contributed by atoms with Gasteiger partial charge in [-0.15, -0.1) is 0 Å². The van der Waals surface area contributed by atoms with Crippen LogP contribution in [0.3, 0.4) is 0 Å². The van der Waals surface area contributed by atoms with Crippen molar-refractivity contribution in [3.8, 4) is 17.0 Å². The molecule has 34 heavy (non-hydrogen) atoms. The highest BCUT2D eigenvalue weighted by Crippen LogP contribution is 2.28. The summed E-state index contributed by atoms with van der Waals surface area (Å²) in [4.78, 5) is 18.4. The number of hydrogen-bond donors (Lipinski definition) is 4. The number of amides is 1. The van der Waals surface area contributed by atoms with Crippen molar-refractivity contribution in [2.75, 3.05) is 13.2 Å². The summed E-state index contributed by atoms with van der Waals surface area (Å²) < 4.78 is 6.15. The van der Waals surface area contributed by atoms with Crippen LogP contribution in [0.5, 0.6) is 5.75 Å². The normalized spacial score (nSPS) is 12.8. The third kappa shape index (κ3) is 5.27.